The minimum Gasteiger partial charge on any atom is -0.356 e. The number of thioether (sulfide) groups is 1. The molecule has 0 bridgehead atoms. The molecule has 1 aromatic rings. The molecule has 0 amide bonds. The van der Waals surface area contributed by atoms with Crippen molar-refractivity contribution in [3.8, 4) is 0 Å². The molecule has 0 spiro atoms. The van der Waals surface area contributed by atoms with Crippen LogP contribution in [0.4, 0.5) is 0 Å². The van der Waals surface area contributed by atoms with E-state index < -0.39 is 0 Å². The summed E-state index contributed by atoms with van der Waals surface area (Å²) >= 11 is 1.53. The van der Waals surface area contributed by atoms with Gasteiger partial charge in [-0.1, -0.05) is 0 Å². The predicted molar refractivity (Wildman–Crippen MR) is 38.8 cm³/mol. The lowest BCUT2D eigenvalue weighted by Gasteiger charge is -1.90. The van der Waals surface area contributed by atoms with Crippen LogP contribution >= 0.6 is 11.8 Å². The van der Waals surface area contributed by atoms with Crippen molar-refractivity contribution in [3.63, 3.8) is 0 Å². The summed E-state index contributed by atoms with van der Waals surface area (Å²) in [5.74, 6) is 0. The van der Waals surface area contributed by atoms with E-state index in [2.05, 4.69) is 4.98 Å². The summed E-state index contributed by atoms with van der Waals surface area (Å²) in [4.78, 5) is 13.5. The molecule has 0 saturated heterocycles. The summed E-state index contributed by atoms with van der Waals surface area (Å²) in [7, 11) is 0. The zero-order valence-electron chi connectivity index (χ0n) is 5.05. The van der Waals surface area contributed by atoms with Crippen molar-refractivity contribution in [2.45, 2.75) is 5.03 Å². The van der Waals surface area contributed by atoms with Crippen LogP contribution < -0.4 is 5.43 Å². The first-order valence-electron chi connectivity index (χ1n) is 2.55. The Morgan fingerprint density at radius 2 is 2.44 bits per heavy atom. The third-order valence-electron chi connectivity index (χ3n) is 0.966. The Bertz CT molecular complexity index is 243. The first-order valence-corrected chi connectivity index (χ1v) is 3.78. The van der Waals surface area contributed by atoms with E-state index >= 15 is 0 Å². The first-order chi connectivity index (χ1) is 4.33. The van der Waals surface area contributed by atoms with Crippen molar-refractivity contribution in [1.29, 1.82) is 0 Å². The standard InChI is InChI=1S/C6H7NOS/c1-9-6-4-5(8)2-3-7-6/h2-4H,1H3,(H,7,8). The van der Waals surface area contributed by atoms with Gasteiger partial charge in [0.05, 0.1) is 5.03 Å². The summed E-state index contributed by atoms with van der Waals surface area (Å²) in [6.07, 6.45) is 3.57. The number of rotatable bonds is 1. The third kappa shape index (κ3) is 1.61. The highest BCUT2D eigenvalue weighted by Gasteiger charge is 1.86. The molecule has 9 heavy (non-hydrogen) atoms. The van der Waals surface area contributed by atoms with Gasteiger partial charge in [-0.3, -0.25) is 4.79 Å². The van der Waals surface area contributed by atoms with Crippen LogP contribution in [-0.4, -0.2) is 11.2 Å². The highest BCUT2D eigenvalue weighted by Crippen LogP contribution is 2.05. The second kappa shape index (κ2) is 2.73. The van der Waals surface area contributed by atoms with Gasteiger partial charge >= 0.3 is 0 Å². The lowest BCUT2D eigenvalue weighted by molar-refractivity contribution is 1.12. The van der Waals surface area contributed by atoms with Gasteiger partial charge in [-0.15, -0.1) is 11.8 Å². The molecular weight excluding hydrogens is 134 g/mol. The highest BCUT2D eigenvalue weighted by molar-refractivity contribution is 7.98. The molecule has 0 aliphatic heterocycles. The molecule has 1 rings (SSSR count). The lowest BCUT2D eigenvalue weighted by atomic mass is 10.5. The minimum atomic E-state index is 0.0538. The first kappa shape index (κ1) is 6.42. The molecule has 0 saturated carbocycles. The maximum Gasteiger partial charge on any atom is 0.182 e. The van der Waals surface area contributed by atoms with Gasteiger partial charge in [-0.05, 0) is 6.26 Å². The Morgan fingerprint density at radius 1 is 1.67 bits per heavy atom. The Morgan fingerprint density at radius 3 is 2.89 bits per heavy atom. The van der Waals surface area contributed by atoms with Crippen molar-refractivity contribution < 1.29 is 0 Å². The molecule has 0 radical (unpaired) electrons. The van der Waals surface area contributed by atoms with Crippen LogP contribution in [-0.2, 0) is 0 Å². The summed E-state index contributed by atoms with van der Waals surface area (Å²) in [5, 5.41) is 0.905. The van der Waals surface area contributed by atoms with E-state index in [4.69, 9.17) is 0 Å². The maximum atomic E-state index is 10.6. The van der Waals surface area contributed by atoms with Gasteiger partial charge in [0, 0.05) is 18.3 Å². The van der Waals surface area contributed by atoms with Crippen LogP contribution in [0.15, 0.2) is 28.2 Å². The largest absolute Gasteiger partial charge is 0.356 e. The zero-order valence-corrected chi connectivity index (χ0v) is 5.87. The average molecular weight is 141 g/mol. The normalized spacial score (nSPS) is 9.44. The fourth-order valence-corrected chi connectivity index (χ4v) is 0.963. The van der Waals surface area contributed by atoms with E-state index in [1.807, 2.05) is 6.26 Å². The predicted octanol–water partition coefficient (Wildman–Crippen LogP) is 1.10. The molecule has 1 heterocycles. The Kier molecular flexibility index (Phi) is 1.95. The van der Waals surface area contributed by atoms with E-state index in [0.29, 0.717) is 0 Å². The summed E-state index contributed by atoms with van der Waals surface area (Å²) < 4.78 is 0. The van der Waals surface area contributed by atoms with Gasteiger partial charge in [0.15, 0.2) is 5.43 Å². The maximum absolute atomic E-state index is 10.6. The van der Waals surface area contributed by atoms with Crippen LogP contribution in [0.5, 0.6) is 0 Å². The molecule has 48 valence electrons. The number of hydrogen-bond acceptors (Lipinski definition) is 2. The molecular formula is C6H7NOS. The van der Waals surface area contributed by atoms with Crippen molar-refractivity contribution >= 4 is 11.8 Å². The second-order valence-corrected chi connectivity index (χ2v) is 2.44. The molecule has 2 nitrogen and oxygen atoms in total. The quantitative estimate of drug-likeness (QED) is 0.594. The van der Waals surface area contributed by atoms with Gasteiger partial charge in [-0.2, -0.15) is 0 Å². The monoisotopic (exact) mass is 141 g/mol. The van der Waals surface area contributed by atoms with E-state index in [-0.39, 0.29) is 5.43 Å². The van der Waals surface area contributed by atoms with Crippen molar-refractivity contribution in [3.05, 3.63) is 28.6 Å². The van der Waals surface area contributed by atoms with E-state index in [0.717, 1.165) is 5.03 Å². The molecule has 1 N–H and O–H groups in total. The minimum absolute atomic E-state index is 0.0538. The Balaban J connectivity index is 3.08. The van der Waals surface area contributed by atoms with E-state index in [9.17, 15) is 4.79 Å². The molecule has 0 fully saturated rings. The molecule has 0 aliphatic rings. The molecule has 0 atom stereocenters. The fourth-order valence-electron chi connectivity index (χ4n) is 0.543. The van der Waals surface area contributed by atoms with Gasteiger partial charge < -0.3 is 4.98 Å². The average Bonchev–Trinajstić information content (AvgIpc) is 1.88. The molecule has 0 unspecified atom stereocenters. The zero-order chi connectivity index (χ0) is 6.69. The third-order valence-corrected chi connectivity index (χ3v) is 1.64. The highest BCUT2D eigenvalue weighted by atomic mass is 32.2. The summed E-state index contributed by atoms with van der Waals surface area (Å²) in [6, 6.07) is 3.07. The molecule has 0 aromatic carbocycles. The number of aromatic nitrogens is 1. The number of hydrogen-bond donors (Lipinski definition) is 1. The lowest BCUT2D eigenvalue weighted by Crippen LogP contribution is -1.96. The van der Waals surface area contributed by atoms with E-state index in [1.165, 1.54) is 17.8 Å². The van der Waals surface area contributed by atoms with Crippen LogP contribution in [0.25, 0.3) is 0 Å². The SMILES string of the molecule is CSc1cc(=O)cc[nH]1. The molecule has 0 aliphatic carbocycles. The van der Waals surface area contributed by atoms with E-state index in [1.54, 1.807) is 12.3 Å². The van der Waals surface area contributed by atoms with Gasteiger partial charge in [-0.25, -0.2) is 0 Å². The van der Waals surface area contributed by atoms with Crippen LogP contribution in [0.2, 0.25) is 0 Å². The fraction of sp³-hybridized carbons (Fsp3) is 0.167. The van der Waals surface area contributed by atoms with Gasteiger partial charge in [0.25, 0.3) is 0 Å². The molecule has 3 heteroatoms. The molecule has 1 aromatic heterocycles. The number of H-pyrrole nitrogens is 1. The second-order valence-electron chi connectivity index (χ2n) is 1.59. The number of pyridine rings is 1. The van der Waals surface area contributed by atoms with Crippen LogP contribution in [0.1, 0.15) is 0 Å². The van der Waals surface area contributed by atoms with Crippen molar-refractivity contribution in [1.82, 2.24) is 4.98 Å². The topological polar surface area (TPSA) is 32.9 Å². The Labute approximate surface area is 57.3 Å². The summed E-state index contributed by atoms with van der Waals surface area (Å²) in [6.45, 7) is 0. The van der Waals surface area contributed by atoms with Crippen LogP contribution in [0.3, 0.4) is 0 Å². The number of aromatic amines is 1. The van der Waals surface area contributed by atoms with Gasteiger partial charge in [0.2, 0.25) is 0 Å². The smallest absolute Gasteiger partial charge is 0.182 e. The van der Waals surface area contributed by atoms with Crippen molar-refractivity contribution in [2.24, 2.45) is 0 Å². The van der Waals surface area contributed by atoms with Crippen molar-refractivity contribution in [2.75, 3.05) is 6.26 Å². The number of nitrogens with one attached hydrogen (secondary N) is 1. The Hall–Kier alpha value is -0.700. The van der Waals surface area contributed by atoms with Crippen LogP contribution in [0, 0.1) is 0 Å². The van der Waals surface area contributed by atoms with Gasteiger partial charge in [0.1, 0.15) is 0 Å². The summed E-state index contributed by atoms with van der Waals surface area (Å²) in [5.41, 5.74) is 0.0538.